The van der Waals surface area contributed by atoms with Crippen LogP contribution in [-0.2, 0) is 15.9 Å². The summed E-state index contributed by atoms with van der Waals surface area (Å²) in [4.78, 5) is 4.12. The minimum atomic E-state index is -0.282. The third-order valence-electron chi connectivity index (χ3n) is 3.14. The van der Waals surface area contributed by atoms with Gasteiger partial charge in [-0.05, 0) is 25.0 Å². The Morgan fingerprint density at radius 2 is 1.96 bits per heavy atom. The minimum absolute atomic E-state index is 0. The summed E-state index contributed by atoms with van der Waals surface area (Å²) in [5.74, 6) is 0.393. The highest BCUT2D eigenvalue weighted by Crippen LogP contribution is 2.18. The lowest BCUT2D eigenvalue weighted by Gasteiger charge is -2.12. The van der Waals surface area contributed by atoms with E-state index in [0.29, 0.717) is 49.3 Å². The highest BCUT2D eigenvalue weighted by molar-refractivity contribution is 14.0. The average Bonchev–Trinajstić information content (AvgIpc) is 2.54. The zero-order valence-electron chi connectivity index (χ0n) is 14.1. The zero-order valence-corrected chi connectivity index (χ0v) is 17.2. The largest absolute Gasteiger partial charge is 0.382 e. The Morgan fingerprint density at radius 1 is 1.21 bits per heavy atom. The number of hydrogen-bond acceptors (Lipinski definition) is 3. The van der Waals surface area contributed by atoms with Crippen LogP contribution in [0, 0.1) is 5.82 Å². The SMILES string of the molecule is CN=C(NCCCOCCOC)NCCc1c(F)cccc1Cl.I. The van der Waals surface area contributed by atoms with Gasteiger partial charge in [0.25, 0.3) is 0 Å². The van der Waals surface area contributed by atoms with Crippen molar-refractivity contribution in [1.29, 1.82) is 0 Å². The van der Waals surface area contributed by atoms with E-state index in [1.807, 2.05) is 0 Å². The smallest absolute Gasteiger partial charge is 0.190 e. The van der Waals surface area contributed by atoms with Crippen molar-refractivity contribution in [2.45, 2.75) is 12.8 Å². The van der Waals surface area contributed by atoms with E-state index in [0.717, 1.165) is 13.0 Å². The van der Waals surface area contributed by atoms with Crippen molar-refractivity contribution in [2.75, 3.05) is 47.1 Å². The quantitative estimate of drug-likeness (QED) is 0.237. The third kappa shape index (κ3) is 9.61. The number of nitrogens with zero attached hydrogens (tertiary/aromatic N) is 1. The van der Waals surface area contributed by atoms with E-state index in [4.69, 9.17) is 21.1 Å². The zero-order chi connectivity index (χ0) is 16.9. The summed E-state index contributed by atoms with van der Waals surface area (Å²) in [6.45, 7) is 3.16. The Morgan fingerprint density at radius 3 is 2.62 bits per heavy atom. The van der Waals surface area contributed by atoms with Gasteiger partial charge in [0.05, 0.1) is 13.2 Å². The first-order valence-corrected chi connectivity index (χ1v) is 8.01. The molecule has 0 fully saturated rings. The summed E-state index contributed by atoms with van der Waals surface area (Å²) in [5, 5.41) is 6.76. The van der Waals surface area contributed by atoms with E-state index in [1.54, 1.807) is 26.3 Å². The molecule has 24 heavy (non-hydrogen) atoms. The summed E-state index contributed by atoms with van der Waals surface area (Å²) >= 11 is 6.00. The summed E-state index contributed by atoms with van der Waals surface area (Å²) in [6, 6.07) is 4.71. The van der Waals surface area contributed by atoms with Crippen LogP contribution >= 0.6 is 35.6 Å². The number of guanidine groups is 1. The normalized spacial score (nSPS) is 11.1. The van der Waals surface area contributed by atoms with E-state index in [2.05, 4.69) is 15.6 Å². The Kier molecular flexibility index (Phi) is 14.3. The molecular formula is C16H26ClFIN3O2. The minimum Gasteiger partial charge on any atom is -0.382 e. The molecule has 5 nitrogen and oxygen atoms in total. The predicted octanol–water partition coefficient (Wildman–Crippen LogP) is 2.86. The number of ether oxygens (including phenoxy) is 2. The fourth-order valence-electron chi connectivity index (χ4n) is 1.92. The van der Waals surface area contributed by atoms with E-state index in [1.165, 1.54) is 6.07 Å². The molecule has 8 heteroatoms. The van der Waals surface area contributed by atoms with Gasteiger partial charge in [0.15, 0.2) is 5.96 Å². The van der Waals surface area contributed by atoms with Crippen molar-refractivity contribution in [3.63, 3.8) is 0 Å². The van der Waals surface area contributed by atoms with Gasteiger partial charge in [-0.2, -0.15) is 0 Å². The second kappa shape index (κ2) is 14.7. The Hall–Kier alpha value is -0.640. The molecular weight excluding hydrogens is 448 g/mol. The molecule has 0 heterocycles. The molecule has 0 aliphatic heterocycles. The van der Waals surface area contributed by atoms with Crippen LogP contribution in [0.1, 0.15) is 12.0 Å². The molecule has 0 saturated carbocycles. The highest BCUT2D eigenvalue weighted by atomic mass is 127. The second-order valence-corrected chi connectivity index (χ2v) is 5.24. The lowest BCUT2D eigenvalue weighted by molar-refractivity contribution is 0.0698. The maximum absolute atomic E-state index is 13.7. The van der Waals surface area contributed by atoms with Crippen LogP contribution in [0.3, 0.4) is 0 Å². The van der Waals surface area contributed by atoms with Gasteiger partial charge in [0.1, 0.15) is 5.82 Å². The molecule has 0 bridgehead atoms. The lowest BCUT2D eigenvalue weighted by Crippen LogP contribution is -2.39. The third-order valence-corrected chi connectivity index (χ3v) is 3.50. The fraction of sp³-hybridized carbons (Fsp3) is 0.562. The first-order valence-electron chi connectivity index (χ1n) is 7.63. The van der Waals surface area contributed by atoms with Gasteiger partial charge in [0, 0.05) is 44.4 Å². The van der Waals surface area contributed by atoms with E-state index >= 15 is 0 Å². The predicted molar refractivity (Wildman–Crippen MR) is 107 cm³/mol. The molecule has 1 rings (SSSR count). The van der Waals surface area contributed by atoms with Gasteiger partial charge < -0.3 is 20.1 Å². The van der Waals surface area contributed by atoms with E-state index < -0.39 is 0 Å². The summed E-state index contributed by atoms with van der Waals surface area (Å²) in [7, 11) is 3.34. The van der Waals surface area contributed by atoms with Crippen LogP contribution in [0.15, 0.2) is 23.2 Å². The van der Waals surface area contributed by atoms with Gasteiger partial charge in [-0.15, -0.1) is 24.0 Å². The van der Waals surface area contributed by atoms with Crippen LogP contribution in [-0.4, -0.2) is 53.0 Å². The number of nitrogens with one attached hydrogen (secondary N) is 2. The number of rotatable bonds is 10. The first-order chi connectivity index (χ1) is 11.2. The highest BCUT2D eigenvalue weighted by Gasteiger charge is 2.06. The maximum Gasteiger partial charge on any atom is 0.190 e. The average molecular weight is 474 g/mol. The summed E-state index contributed by atoms with van der Waals surface area (Å²) in [5.41, 5.74) is 0.517. The monoisotopic (exact) mass is 473 g/mol. The van der Waals surface area contributed by atoms with Crippen molar-refractivity contribution in [2.24, 2.45) is 4.99 Å². The number of benzene rings is 1. The van der Waals surface area contributed by atoms with Crippen molar-refractivity contribution in [3.8, 4) is 0 Å². The summed E-state index contributed by atoms with van der Waals surface area (Å²) in [6.07, 6.45) is 1.36. The molecule has 1 aromatic carbocycles. The van der Waals surface area contributed by atoms with Gasteiger partial charge in [-0.3, -0.25) is 4.99 Å². The van der Waals surface area contributed by atoms with Crippen LogP contribution < -0.4 is 10.6 Å². The molecule has 0 spiro atoms. The Balaban J connectivity index is 0.00000529. The molecule has 0 amide bonds. The standard InChI is InChI=1S/C16H25ClFN3O2.HI/c1-19-16(20-8-4-10-23-12-11-22-2)21-9-7-13-14(17)5-3-6-15(13)18;/h3,5-6H,4,7-12H2,1-2H3,(H2,19,20,21);1H. The van der Waals surface area contributed by atoms with E-state index in [9.17, 15) is 4.39 Å². The molecule has 138 valence electrons. The second-order valence-electron chi connectivity index (χ2n) is 4.83. The van der Waals surface area contributed by atoms with Crippen molar-refractivity contribution in [1.82, 2.24) is 10.6 Å². The van der Waals surface area contributed by atoms with Crippen molar-refractivity contribution >= 4 is 41.5 Å². The van der Waals surface area contributed by atoms with Crippen molar-refractivity contribution in [3.05, 3.63) is 34.6 Å². The Bertz CT molecular complexity index is 472. The molecule has 0 radical (unpaired) electrons. The summed E-state index contributed by atoms with van der Waals surface area (Å²) < 4.78 is 23.9. The number of halogens is 3. The molecule has 1 aromatic rings. The van der Waals surface area contributed by atoms with Crippen molar-refractivity contribution < 1.29 is 13.9 Å². The van der Waals surface area contributed by atoms with E-state index in [-0.39, 0.29) is 29.8 Å². The number of hydrogen-bond donors (Lipinski definition) is 2. The van der Waals surface area contributed by atoms with Gasteiger partial charge >= 0.3 is 0 Å². The number of aliphatic imine (C=N–C) groups is 1. The molecule has 0 aliphatic rings. The first kappa shape index (κ1) is 23.4. The molecule has 0 atom stereocenters. The topological polar surface area (TPSA) is 54.9 Å². The maximum atomic E-state index is 13.7. The van der Waals surface area contributed by atoms with Crippen LogP contribution in [0.4, 0.5) is 4.39 Å². The number of methoxy groups -OCH3 is 1. The van der Waals surface area contributed by atoms with Crippen LogP contribution in [0.25, 0.3) is 0 Å². The molecule has 2 N–H and O–H groups in total. The van der Waals surface area contributed by atoms with Crippen LogP contribution in [0.5, 0.6) is 0 Å². The lowest BCUT2D eigenvalue weighted by atomic mass is 10.1. The Labute approximate surface area is 165 Å². The van der Waals surface area contributed by atoms with Gasteiger partial charge in [-0.1, -0.05) is 17.7 Å². The molecule has 0 unspecified atom stereocenters. The fourth-order valence-corrected chi connectivity index (χ4v) is 2.18. The molecule has 0 aromatic heterocycles. The molecule has 0 saturated heterocycles. The van der Waals surface area contributed by atoms with Gasteiger partial charge in [0.2, 0.25) is 0 Å². The van der Waals surface area contributed by atoms with Gasteiger partial charge in [-0.25, -0.2) is 4.39 Å². The molecule has 0 aliphatic carbocycles. The van der Waals surface area contributed by atoms with Crippen LogP contribution in [0.2, 0.25) is 5.02 Å².